The first kappa shape index (κ1) is 21.2. The summed E-state index contributed by atoms with van der Waals surface area (Å²) in [7, 11) is 0. The fraction of sp³-hybridized carbons (Fsp3) is 0.476. The van der Waals surface area contributed by atoms with Gasteiger partial charge in [-0.15, -0.1) is 10.2 Å². The van der Waals surface area contributed by atoms with Crippen LogP contribution in [0.15, 0.2) is 18.3 Å². The van der Waals surface area contributed by atoms with E-state index in [1.165, 1.54) is 12.8 Å². The van der Waals surface area contributed by atoms with Crippen LogP contribution in [0.5, 0.6) is 5.75 Å². The van der Waals surface area contributed by atoms with Crippen LogP contribution in [-0.4, -0.2) is 39.5 Å². The van der Waals surface area contributed by atoms with Gasteiger partial charge in [-0.3, -0.25) is 0 Å². The Labute approximate surface area is 186 Å². The Morgan fingerprint density at radius 1 is 1.06 bits per heavy atom. The van der Waals surface area contributed by atoms with Crippen molar-refractivity contribution in [3.8, 4) is 5.75 Å². The average molecular weight is 470 g/mol. The number of hydrogen-bond acceptors (Lipinski definition) is 5. The van der Waals surface area contributed by atoms with Gasteiger partial charge in [-0.2, -0.15) is 18.4 Å². The quantitative estimate of drug-likeness (QED) is 0.476. The average Bonchev–Trinajstić information content (AvgIpc) is 3.49. The maximum absolute atomic E-state index is 14.5. The van der Waals surface area contributed by atoms with E-state index in [1.807, 2.05) is 4.90 Å². The Balaban J connectivity index is 1.36. The van der Waals surface area contributed by atoms with Gasteiger partial charge in [-0.1, -0.05) is 11.6 Å². The minimum absolute atomic E-state index is 0.146. The zero-order valence-electron chi connectivity index (χ0n) is 16.9. The van der Waals surface area contributed by atoms with Crippen LogP contribution in [0.3, 0.4) is 0 Å². The van der Waals surface area contributed by atoms with Gasteiger partial charge in [-0.25, -0.2) is 8.78 Å². The summed E-state index contributed by atoms with van der Waals surface area (Å²) in [6.07, 6.45) is 5.65. The van der Waals surface area contributed by atoms with E-state index in [-0.39, 0.29) is 5.56 Å². The Bertz CT molecular complexity index is 1140. The minimum atomic E-state index is -3.24. The second-order valence-electron chi connectivity index (χ2n) is 8.25. The van der Waals surface area contributed by atoms with Crippen molar-refractivity contribution < 1.29 is 22.3 Å². The molecule has 2 fully saturated rings. The van der Waals surface area contributed by atoms with Crippen molar-refractivity contribution in [1.29, 1.82) is 0 Å². The molecule has 1 aliphatic heterocycles. The Morgan fingerprint density at radius 2 is 1.78 bits per heavy atom. The van der Waals surface area contributed by atoms with Crippen LogP contribution < -0.4 is 9.64 Å². The Morgan fingerprint density at radius 3 is 2.47 bits per heavy atom. The lowest BCUT2D eigenvalue weighted by atomic mass is 9.88. The Kier molecular flexibility index (Phi) is 5.56. The topological polar surface area (TPSA) is 55.6 Å². The van der Waals surface area contributed by atoms with Crippen LogP contribution in [0.25, 0.3) is 5.65 Å². The van der Waals surface area contributed by atoms with Gasteiger partial charge in [0.15, 0.2) is 23.0 Å². The summed E-state index contributed by atoms with van der Waals surface area (Å²) >= 11 is 6.60. The molecule has 11 heteroatoms. The molecule has 170 valence electrons. The van der Waals surface area contributed by atoms with Crippen LogP contribution in [-0.2, 0) is 6.42 Å². The van der Waals surface area contributed by atoms with E-state index >= 15 is 0 Å². The molecule has 1 saturated carbocycles. The lowest BCUT2D eigenvalue weighted by Gasteiger charge is -2.34. The maximum atomic E-state index is 14.5. The molecule has 5 rings (SSSR count). The first-order valence-corrected chi connectivity index (χ1v) is 10.9. The zero-order valence-corrected chi connectivity index (χ0v) is 17.7. The summed E-state index contributed by atoms with van der Waals surface area (Å²) in [6.45, 7) is -2.33. The van der Waals surface area contributed by atoms with Gasteiger partial charge in [0.2, 0.25) is 0 Å². The molecule has 0 unspecified atom stereocenters. The number of ether oxygens (including phenoxy) is 1. The second-order valence-corrected chi connectivity index (χ2v) is 8.63. The zero-order chi connectivity index (χ0) is 22.4. The highest BCUT2D eigenvalue weighted by atomic mass is 35.5. The second kappa shape index (κ2) is 8.38. The number of nitrogens with zero attached hydrogens (tertiary/aromatic N) is 5. The molecule has 1 saturated heterocycles. The highest BCUT2D eigenvalue weighted by molar-refractivity contribution is 6.36. The smallest absolute Gasteiger partial charge is 0.387 e. The number of alkyl halides is 2. The largest absolute Gasteiger partial charge is 0.431 e. The molecule has 0 amide bonds. The third-order valence-corrected chi connectivity index (χ3v) is 6.50. The maximum Gasteiger partial charge on any atom is 0.387 e. The van der Waals surface area contributed by atoms with Crippen molar-refractivity contribution in [3.05, 3.63) is 46.4 Å². The summed E-state index contributed by atoms with van der Waals surface area (Å²) in [5.41, 5.74) is 1.00. The summed E-state index contributed by atoms with van der Waals surface area (Å²) in [5, 5.41) is 13.3. The van der Waals surface area contributed by atoms with Gasteiger partial charge in [0.25, 0.3) is 0 Å². The number of aromatic nitrogens is 4. The predicted octanol–water partition coefficient (Wildman–Crippen LogP) is 4.99. The van der Waals surface area contributed by atoms with Crippen molar-refractivity contribution >= 4 is 22.9 Å². The van der Waals surface area contributed by atoms with Crippen LogP contribution in [0, 0.1) is 17.6 Å². The molecule has 3 heterocycles. The molecule has 0 radical (unpaired) electrons. The third kappa shape index (κ3) is 3.96. The first-order valence-electron chi connectivity index (χ1n) is 10.5. The summed E-state index contributed by atoms with van der Waals surface area (Å²) in [6, 6.07) is 1.73. The molecule has 0 atom stereocenters. The van der Waals surface area contributed by atoms with Gasteiger partial charge in [-0.05, 0) is 49.7 Å². The number of halogens is 5. The Hall–Kier alpha value is -2.62. The number of piperidine rings is 1. The van der Waals surface area contributed by atoms with Gasteiger partial charge >= 0.3 is 6.61 Å². The molecule has 6 nitrogen and oxygen atoms in total. The number of fused-ring (bicyclic) bond motifs is 1. The predicted molar refractivity (Wildman–Crippen MR) is 109 cm³/mol. The SMILES string of the molecule is Fc1ccc(F)c(C2CCN(c3cnn4c(CC5CC5)nnc4c3Cl)CC2)c1OC(F)F. The molecule has 1 aliphatic carbocycles. The van der Waals surface area contributed by atoms with Crippen molar-refractivity contribution in [3.63, 3.8) is 0 Å². The van der Waals surface area contributed by atoms with E-state index in [4.69, 9.17) is 11.6 Å². The molecule has 0 N–H and O–H groups in total. The summed E-state index contributed by atoms with van der Waals surface area (Å²) in [5.74, 6) is -1.54. The molecule has 32 heavy (non-hydrogen) atoms. The molecule has 0 bridgehead atoms. The number of benzene rings is 1. The molecular weight excluding hydrogens is 450 g/mol. The van der Waals surface area contributed by atoms with E-state index in [0.717, 1.165) is 24.4 Å². The lowest BCUT2D eigenvalue weighted by Crippen LogP contribution is -2.33. The van der Waals surface area contributed by atoms with E-state index in [0.29, 0.717) is 48.2 Å². The number of hydrogen-bond donors (Lipinski definition) is 0. The van der Waals surface area contributed by atoms with Crippen molar-refractivity contribution in [2.24, 2.45) is 5.92 Å². The van der Waals surface area contributed by atoms with Gasteiger partial charge < -0.3 is 9.64 Å². The van der Waals surface area contributed by atoms with Crippen molar-refractivity contribution in [1.82, 2.24) is 19.8 Å². The highest BCUT2D eigenvalue weighted by Gasteiger charge is 2.31. The fourth-order valence-corrected chi connectivity index (χ4v) is 4.62. The molecule has 1 aromatic carbocycles. The molecule has 3 aromatic rings. The van der Waals surface area contributed by atoms with Gasteiger partial charge in [0.05, 0.1) is 11.9 Å². The van der Waals surface area contributed by atoms with Gasteiger partial charge in [0.1, 0.15) is 10.8 Å². The molecule has 2 aliphatic rings. The van der Waals surface area contributed by atoms with Crippen molar-refractivity contribution in [2.75, 3.05) is 18.0 Å². The molecular formula is C21H20ClF4N5O. The van der Waals surface area contributed by atoms with E-state index in [2.05, 4.69) is 20.0 Å². The van der Waals surface area contributed by atoms with E-state index in [1.54, 1.807) is 10.7 Å². The van der Waals surface area contributed by atoms with Gasteiger partial charge in [0, 0.05) is 25.1 Å². The van der Waals surface area contributed by atoms with Crippen LogP contribution in [0.1, 0.15) is 43.0 Å². The third-order valence-electron chi connectivity index (χ3n) is 6.14. The van der Waals surface area contributed by atoms with E-state index < -0.39 is 29.9 Å². The fourth-order valence-electron chi connectivity index (χ4n) is 4.33. The van der Waals surface area contributed by atoms with Crippen LogP contribution in [0.4, 0.5) is 23.2 Å². The van der Waals surface area contributed by atoms with E-state index in [9.17, 15) is 17.6 Å². The number of anilines is 1. The standard InChI is InChI=1S/C21H20ClF4N5O/c22-18-15(10-27-31-16(9-11-1-2-11)28-29-20(18)31)30-7-5-12(6-8-30)17-13(23)3-4-14(24)19(17)32-21(25)26/h3-4,10-12,21H,1-2,5-9H2. The summed E-state index contributed by atoms with van der Waals surface area (Å²) < 4.78 is 60.0. The molecule has 0 spiro atoms. The normalized spacial score (nSPS) is 17.5. The monoisotopic (exact) mass is 469 g/mol. The number of rotatable bonds is 6. The molecule has 2 aromatic heterocycles. The summed E-state index contributed by atoms with van der Waals surface area (Å²) in [4.78, 5) is 1.98. The highest BCUT2D eigenvalue weighted by Crippen LogP contribution is 2.40. The lowest BCUT2D eigenvalue weighted by molar-refractivity contribution is -0.0533. The first-order chi connectivity index (χ1) is 15.4. The van der Waals surface area contributed by atoms with Crippen LogP contribution >= 0.6 is 11.6 Å². The minimum Gasteiger partial charge on any atom is -0.431 e. The van der Waals surface area contributed by atoms with Crippen LogP contribution in [0.2, 0.25) is 5.02 Å². The van der Waals surface area contributed by atoms with Crippen molar-refractivity contribution in [2.45, 2.75) is 44.6 Å².